The van der Waals surface area contributed by atoms with E-state index in [4.69, 9.17) is 20.3 Å². The van der Waals surface area contributed by atoms with E-state index in [0.29, 0.717) is 54.2 Å². The summed E-state index contributed by atoms with van der Waals surface area (Å²) in [6.07, 6.45) is 1.64. The van der Waals surface area contributed by atoms with Crippen LogP contribution in [0.1, 0.15) is 34.3 Å². The number of nitrogen functional groups attached to an aromatic ring is 1. The number of benzene rings is 2. The molecule has 1 aliphatic rings. The van der Waals surface area contributed by atoms with Crippen molar-refractivity contribution in [3.63, 3.8) is 0 Å². The Hall–Kier alpha value is -3.02. The zero-order chi connectivity index (χ0) is 17.8. The number of carbonyl (C=O) groups is 2. The zero-order valence-corrected chi connectivity index (χ0v) is 13.7. The fourth-order valence-electron chi connectivity index (χ4n) is 2.86. The fraction of sp³-hybridized carbons (Fsp3) is 0.263. The van der Waals surface area contributed by atoms with Crippen LogP contribution in [0.5, 0.6) is 11.5 Å². The van der Waals surface area contributed by atoms with Gasteiger partial charge in [0, 0.05) is 12.1 Å². The maximum absolute atomic E-state index is 12.6. The Morgan fingerprint density at radius 2 is 2.08 bits per heavy atom. The summed E-state index contributed by atoms with van der Waals surface area (Å²) in [4.78, 5) is 23.4. The zero-order valence-electron chi connectivity index (χ0n) is 13.7. The molecule has 2 aromatic rings. The van der Waals surface area contributed by atoms with Crippen molar-refractivity contribution in [2.24, 2.45) is 0 Å². The molecule has 6 nitrogen and oxygen atoms in total. The Morgan fingerprint density at radius 3 is 2.88 bits per heavy atom. The van der Waals surface area contributed by atoms with Crippen molar-refractivity contribution in [2.45, 2.75) is 25.7 Å². The Morgan fingerprint density at radius 1 is 1.24 bits per heavy atom. The van der Waals surface area contributed by atoms with E-state index in [1.165, 1.54) is 0 Å². The molecular weight excluding hydrogens is 322 g/mol. The Bertz CT molecular complexity index is 815. The highest BCUT2D eigenvalue weighted by atomic mass is 16.6. The maximum atomic E-state index is 12.6. The molecule has 1 aliphatic heterocycles. The van der Waals surface area contributed by atoms with Crippen molar-refractivity contribution in [3.8, 4) is 11.5 Å². The first-order valence-corrected chi connectivity index (χ1v) is 8.11. The third kappa shape index (κ3) is 3.91. The largest absolute Gasteiger partial charge is 0.489 e. The van der Waals surface area contributed by atoms with Gasteiger partial charge in [-0.3, -0.25) is 4.79 Å². The van der Waals surface area contributed by atoms with Gasteiger partial charge >= 0.3 is 11.9 Å². The minimum Gasteiger partial charge on any atom is -0.489 e. The summed E-state index contributed by atoms with van der Waals surface area (Å²) in [6.45, 7) is 0.433. The van der Waals surface area contributed by atoms with E-state index in [1.807, 2.05) is 0 Å². The first kappa shape index (κ1) is 16.8. The number of esters is 1. The number of para-hydroxylation sites is 1. The molecule has 0 saturated carbocycles. The lowest BCUT2D eigenvalue weighted by Gasteiger charge is -2.18. The average molecular weight is 341 g/mol. The monoisotopic (exact) mass is 341 g/mol. The van der Waals surface area contributed by atoms with Gasteiger partial charge in [0.25, 0.3) is 0 Å². The summed E-state index contributed by atoms with van der Waals surface area (Å²) in [5.41, 5.74) is 8.44. The van der Waals surface area contributed by atoms with Crippen LogP contribution in [0.15, 0.2) is 36.4 Å². The fourth-order valence-corrected chi connectivity index (χ4v) is 2.86. The third-order valence-electron chi connectivity index (χ3n) is 4.06. The molecule has 6 heteroatoms. The van der Waals surface area contributed by atoms with Gasteiger partial charge in [-0.2, -0.15) is 0 Å². The second kappa shape index (κ2) is 7.25. The average Bonchev–Trinajstić information content (AvgIpc) is 2.57. The number of nitrogens with two attached hydrogens (primary N) is 1. The van der Waals surface area contributed by atoms with Crippen molar-refractivity contribution in [2.75, 3.05) is 12.3 Å². The van der Waals surface area contributed by atoms with Crippen molar-refractivity contribution in [3.05, 3.63) is 53.1 Å². The molecule has 0 fully saturated rings. The molecule has 25 heavy (non-hydrogen) atoms. The second-order valence-corrected chi connectivity index (χ2v) is 5.90. The summed E-state index contributed by atoms with van der Waals surface area (Å²) in [6, 6.07) is 10.3. The van der Waals surface area contributed by atoms with Gasteiger partial charge in [-0.1, -0.05) is 12.1 Å². The number of carbonyl (C=O) groups excluding carboxylic acids is 1. The van der Waals surface area contributed by atoms with Crippen LogP contribution in [0.4, 0.5) is 5.69 Å². The van der Waals surface area contributed by atoms with Crippen LogP contribution in [-0.2, 0) is 17.6 Å². The standard InChI is InChI=1S/C19H19NO5/c20-14-7-8-15-13(11-14)4-2-10-24-18-12(6-9-17(21)22)3-1-5-16(18)25-19(15)23/h1,3,5,7-8,11H,2,4,6,9-10,20H2,(H,21,22). The van der Waals surface area contributed by atoms with Crippen molar-refractivity contribution in [1.29, 1.82) is 0 Å². The number of aryl methyl sites for hydroxylation is 2. The lowest BCUT2D eigenvalue weighted by Crippen LogP contribution is -2.16. The summed E-state index contributed by atoms with van der Waals surface area (Å²) in [5, 5.41) is 8.90. The lowest BCUT2D eigenvalue weighted by molar-refractivity contribution is -0.136. The van der Waals surface area contributed by atoms with Crippen LogP contribution in [-0.4, -0.2) is 23.7 Å². The second-order valence-electron chi connectivity index (χ2n) is 5.90. The highest BCUT2D eigenvalue weighted by Gasteiger charge is 2.20. The van der Waals surface area contributed by atoms with Crippen LogP contribution in [0, 0.1) is 0 Å². The molecule has 1 heterocycles. The Kier molecular flexibility index (Phi) is 4.88. The summed E-state index contributed by atoms with van der Waals surface area (Å²) >= 11 is 0. The van der Waals surface area contributed by atoms with Crippen LogP contribution < -0.4 is 15.2 Å². The van der Waals surface area contributed by atoms with E-state index in [9.17, 15) is 9.59 Å². The first-order chi connectivity index (χ1) is 12.0. The predicted octanol–water partition coefficient (Wildman–Crippen LogP) is 2.83. The molecule has 0 aliphatic carbocycles. The number of hydrogen-bond donors (Lipinski definition) is 2. The number of ether oxygens (including phenoxy) is 2. The summed E-state index contributed by atoms with van der Waals surface area (Å²) in [7, 11) is 0. The summed E-state index contributed by atoms with van der Waals surface area (Å²) in [5.74, 6) is -0.619. The molecule has 3 N–H and O–H groups in total. The van der Waals surface area contributed by atoms with E-state index in [1.54, 1.807) is 36.4 Å². The molecule has 0 amide bonds. The predicted molar refractivity (Wildman–Crippen MR) is 92.0 cm³/mol. The number of aliphatic carboxylic acids is 1. The third-order valence-corrected chi connectivity index (χ3v) is 4.06. The van der Waals surface area contributed by atoms with E-state index >= 15 is 0 Å². The number of fused-ring (bicyclic) bond motifs is 2. The molecule has 0 radical (unpaired) electrons. The van der Waals surface area contributed by atoms with Gasteiger partial charge in [0.05, 0.1) is 12.2 Å². The molecule has 0 spiro atoms. The first-order valence-electron chi connectivity index (χ1n) is 8.11. The van der Waals surface area contributed by atoms with Crippen LogP contribution in [0.25, 0.3) is 0 Å². The molecule has 0 saturated heterocycles. The van der Waals surface area contributed by atoms with Crippen molar-refractivity contribution in [1.82, 2.24) is 0 Å². The SMILES string of the molecule is Nc1ccc2c(c1)CCCOc1c(CCC(=O)O)cccc1OC2=O. The van der Waals surface area contributed by atoms with Crippen molar-refractivity contribution >= 4 is 17.6 Å². The number of rotatable bonds is 3. The van der Waals surface area contributed by atoms with Crippen LogP contribution in [0.2, 0.25) is 0 Å². The molecular formula is C19H19NO5. The van der Waals surface area contributed by atoms with Gasteiger partial charge in [-0.05, 0) is 54.7 Å². The molecule has 3 rings (SSSR count). The van der Waals surface area contributed by atoms with Crippen LogP contribution in [0.3, 0.4) is 0 Å². The van der Waals surface area contributed by atoms with Gasteiger partial charge < -0.3 is 20.3 Å². The highest BCUT2D eigenvalue weighted by Crippen LogP contribution is 2.34. The van der Waals surface area contributed by atoms with Gasteiger partial charge in [0.2, 0.25) is 0 Å². The molecule has 0 atom stereocenters. The Balaban J connectivity index is 1.95. The lowest BCUT2D eigenvalue weighted by atomic mass is 10.0. The number of anilines is 1. The Labute approximate surface area is 145 Å². The van der Waals surface area contributed by atoms with E-state index in [2.05, 4.69) is 0 Å². The maximum Gasteiger partial charge on any atom is 0.343 e. The topological polar surface area (TPSA) is 98.8 Å². The summed E-state index contributed by atoms with van der Waals surface area (Å²) < 4.78 is 11.4. The number of carboxylic acid groups (broad SMARTS) is 1. The van der Waals surface area contributed by atoms with E-state index < -0.39 is 11.9 Å². The van der Waals surface area contributed by atoms with E-state index in [0.717, 1.165) is 5.56 Å². The minimum atomic E-state index is -0.888. The molecule has 0 unspecified atom stereocenters. The van der Waals surface area contributed by atoms with Crippen LogP contribution >= 0.6 is 0 Å². The number of hydrogen-bond acceptors (Lipinski definition) is 5. The molecule has 0 aromatic heterocycles. The molecule has 2 aromatic carbocycles. The normalized spacial score (nSPS) is 13.8. The van der Waals surface area contributed by atoms with E-state index in [-0.39, 0.29) is 6.42 Å². The van der Waals surface area contributed by atoms with Gasteiger partial charge in [-0.25, -0.2) is 4.79 Å². The van der Waals surface area contributed by atoms with Gasteiger partial charge in [0.1, 0.15) is 0 Å². The minimum absolute atomic E-state index is 0.0180. The van der Waals surface area contributed by atoms with Gasteiger partial charge in [-0.15, -0.1) is 0 Å². The smallest absolute Gasteiger partial charge is 0.343 e. The number of carboxylic acids is 1. The molecule has 130 valence electrons. The van der Waals surface area contributed by atoms with Crippen molar-refractivity contribution < 1.29 is 24.2 Å². The quantitative estimate of drug-likeness (QED) is 0.506. The molecule has 0 bridgehead atoms. The highest BCUT2D eigenvalue weighted by molar-refractivity contribution is 5.93. The van der Waals surface area contributed by atoms with Gasteiger partial charge in [0.15, 0.2) is 11.5 Å².